The van der Waals surface area contributed by atoms with Crippen molar-refractivity contribution < 1.29 is 14.3 Å². The van der Waals surface area contributed by atoms with Crippen LogP contribution in [0.15, 0.2) is 30.3 Å². The van der Waals surface area contributed by atoms with Crippen LogP contribution in [0.25, 0.3) is 10.8 Å². The minimum atomic E-state index is -0.233. The highest BCUT2D eigenvalue weighted by Crippen LogP contribution is 2.36. The fraction of sp³-hybridized carbons (Fsp3) is 0.400. The average Bonchev–Trinajstić information content (AvgIpc) is 2.54. The van der Waals surface area contributed by atoms with Gasteiger partial charge in [-0.2, -0.15) is 0 Å². The summed E-state index contributed by atoms with van der Waals surface area (Å²) in [5.41, 5.74) is 0.922. The van der Waals surface area contributed by atoms with Gasteiger partial charge in [-0.15, -0.1) is 0 Å². The molecule has 132 valence electrons. The molecule has 2 aromatic rings. The van der Waals surface area contributed by atoms with E-state index in [1.807, 2.05) is 26.2 Å². The lowest BCUT2D eigenvalue weighted by Gasteiger charge is -2.35. The fourth-order valence-corrected chi connectivity index (χ4v) is 3.78. The minimum absolute atomic E-state index is 0.202. The number of ether oxygens (including phenoxy) is 1. The molecule has 0 unspecified atom stereocenters. The highest BCUT2D eigenvalue weighted by Gasteiger charge is 2.36. The molecule has 0 atom stereocenters. The number of rotatable bonds is 5. The minimum Gasteiger partial charge on any atom is -0.496 e. The van der Waals surface area contributed by atoms with Gasteiger partial charge < -0.3 is 9.64 Å². The van der Waals surface area contributed by atoms with Crippen LogP contribution >= 0.6 is 0 Å². The van der Waals surface area contributed by atoms with Crippen molar-refractivity contribution in [3.63, 3.8) is 0 Å². The topological polar surface area (TPSA) is 49.9 Å². The van der Waals surface area contributed by atoms with Gasteiger partial charge in [-0.1, -0.05) is 26.0 Å². The molecule has 0 spiro atoms. The van der Waals surface area contributed by atoms with Crippen molar-refractivity contribution in [3.8, 4) is 5.75 Å². The normalized spacial score (nSPS) is 14.6. The quantitative estimate of drug-likeness (QED) is 0.785. The summed E-state index contributed by atoms with van der Waals surface area (Å²) in [6.45, 7) is 5.30. The molecule has 5 nitrogen and oxygen atoms in total. The average molecular weight is 340 g/mol. The molecule has 0 aliphatic carbocycles. The molecule has 0 aromatic heterocycles. The summed E-state index contributed by atoms with van der Waals surface area (Å²) in [6, 6.07) is 9.05. The Kier molecular flexibility index (Phi) is 4.29. The lowest BCUT2D eigenvalue weighted by Crippen LogP contribution is -2.47. The molecule has 0 radical (unpaired) electrons. The zero-order valence-electron chi connectivity index (χ0n) is 15.4. The van der Waals surface area contributed by atoms with E-state index >= 15 is 0 Å². The van der Waals surface area contributed by atoms with Gasteiger partial charge in [0.25, 0.3) is 11.8 Å². The molecule has 25 heavy (non-hydrogen) atoms. The lowest BCUT2D eigenvalue weighted by atomic mass is 9.88. The Morgan fingerprint density at radius 3 is 2.28 bits per heavy atom. The second-order valence-corrected chi connectivity index (χ2v) is 7.64. The third-order valence-electron chi connectivity index (χ3n) is 4.50. The standard InChI is InChI=1S/C20H24N2O3/c1-20(2,11-21(3)4)12-22-18(23)14-8-6-7-13-16(25-5)10-9-15(17(13)14)19(22)24/h6-10H,11-12H2,1-5H3. The van der Waals surface area contributed by atoms with E-state index in [-0.39, 0.29) is 17.2 Å². The highest BCUT2D eigenvalue weighted by atomic mass is 16.5. The van der Waals surface area contributed by atoms with Crippen LogP contribution in [0, 0.1) is 5.41 Å². The number of imide groups is 1. The van der Waals surface area contributed by atoms with Crippen molar-refractivity contribution in [3.05, 3.63) is 41.5 Å². The van der Waals surface area contributed by atoms with E-state index in [1.54, 1.807) is 25.3 Å². The van der Waals surface area contributed by atoms with E-state index in [2.05, 4.69) is 18.7 Å². The molecule has 1 aliphatic rings. The number of carbonyl (C=O) groups excluding carboxylic acids is 2. The SMILES string of the molecule is COc1ccc2c3c(cccc13)C(=O)N(CC(C)(C)CN(C)C)C2=O. The number of benzene rings is 2. The first-order chi connectivity index (χ1) is 11.7. The summed E-state index contributed by atoms with van der Waals surface area (Å²) >= 11 is 0. The second-order valence-electron chi connectivity index (χ2n) is 7.64. The van der Waals surface area contributed by atoms with Crippen LogP contribution in [-0.4, -0.2) is 55.9 Å². The Hall–Kier alpha value is -2.40. The molecule has 1 aliphatic heterocycles. The first kappa shape index (κ1) is 17.4. The summed E-state index contributed by atoms with van der Waals surface area (Å²) in [4.78, 5) is 29.5. The Balaban J connectivity index is 2.08. The van der Waals surface area contributed by atoms with Crippen LogP contribution in [0.1, 0.15) is 34.6 Å². The van der Waals surface area contributed by atoms with E-state index in [4.69, 9.17) is 4.74 Å². The van der Waals surface area contributed by atoms with Crippen LogP contribution in [0.4, 0.5) is 0 Å². The third kappa shape index (κ3) is 3.00. The molecular formula is C20H24N2O3. The summed E-state index contributed by atoms with van der Waals surface area (Å²) < 4.78 is 5.39. The van der Waals surface area contributed by atoms with Gasteiger partial charge in [0.2, 0.25) is 0 Å². The maximum absolute atomic E-state index is 13.0. The lowest BCUT2D eigenvalue weighted by molar-refractivity contribution is 0.0525. The molecule has 5 heteroatoms. The summed E-state index contributed by atoms with van der Waals surface area (Å²) in [5.74, 6) is 0.203. The molecule has 0 fully saturated rings. The van der Waals surface area contributed by atoms with Crippen LogP contribution < -0.4 is 4.74 Å². The van der Waals surface area contributed by atoms with Gasteiger partial charge in [-0.3, -0.25) is 14.5 Å². The molecule has 2 amide bonds. The largest absolute Gasteiger partial charge is 0.496 e. The van der Waals surface area contributed by atoms with E-state index in [1.165, 1.54) is 4.90 Å². The van der Waals surface area contributed by atoms with Gasteiger partial charge in [-0.25, -0.2) is 0 Å². The van der Waals surface area contributed by atoms with E-state index in [0.717, 1.165) is 11.9 Å². The van der Waals surface area contributed by atoms with Gasteiger partial charge in [0, 0.05) is 35.0 Å². The Labute approximate surface area is 148 Å². The van der Waals surface area contributed by atoms with Crippen molar-refractivity contribution in [2.75, 3.05) is 34.3 Å². The number of amides is 2. The molecule has 0 bridgehead atoms. The van der Waals surface area contributed by atoms with Crippen molar-refractivity contribution in [2.24, 2.45) is 5.41 Å². The number of hydrogen-bond donors (Lipinski definition) is 0. The predicted molar refractivity (Wildman–Crippen MR) is 98.2 cm³/mol. The predicted octanol–water partition coefficient (Wildman–Crippen LogP) is 3.03. The van der Waals surface area contributed by atoms with Crippen molar-refractivity contribution in [1.82, 2.24) is 9.80 Å². The first-order valence-electron chi connectivity index (χ1n) is 8.36. The maximum atomic E-state index is 13.0. The summed E-state index contributed by atoms with van der Waals surface area (Å²) in [5, 5.41) is 1.49. The zero-order chi connectivity index (χ0) is 18.4. The molecular weight excluding hydrogens is 316 g/mol. The third-order valence-corrected chi connectivity index (χ3v) is 4.50. The monoisotopic (exact) mass is 340 g/mol. The second kappa shape index (κ2) is 6.15. The van der Waals surface area contributed by atoms with E-state index in [9.17, 15) is 9.59 Å². The highest BCUT2D eigenvalue weighted by molar-refractivity contribution is 6.26. The Morgan fingerprint density at radius 2 is 1.68 bits per heavy atom. The Morgan fingerprint density at radius 1 is 1.04 bits per heavy atom. The van der Waals surface area contributed by atoms with Crippen LogP contribution in [0.5, 0.6) is 5.75 Å². The van der Waals surface area contributed by atoms with Gasteiger partial charge in [0.1, 0.15) is 5.75 Å². The molecule has 0 saturated carbocycles. The van der Waals surface area contributed by atoms with Crippen LogP contribution in [-0.2, 0) is 0 Å². The Bertz CT molecular complexity index is 833. The molecule has 2 aromatic carbocycles. The van der Waals surface area contributed by atoms with E-state index < -0.39 is 0 Å². The van der Waals surface area contributed by atoms with Crippen LogP contribution in [0.3, 0.4) is 0 Å². The van der Waals surface area contributed by atoms with E-state index in [0.29, 0.717) is 28.8 Å². The number of methoxy groups -OCH3 is 1. The molecule has 0 saturated heterocycles. The van der Waals surface area contributed by atoms with Crippen molar-refractivity contribution >= 4 is 22.6 Å². The van der Waals surface area contributed by atoms with Gasteiger partial charge in [0.15, 0.2) is 0 Å². The fourth-order valence-electron chi connectivity index (χ4n) is 3.78. The number of carbonyl (C=O) groups is 2. The van der Waals surface area contributed by atoms with Gasteiger partial charge in [0.05, 0.1) is 7.11 Å². The number of nitrogens with zero attached hydrogens (tertiary/aromatic N) is 2. The number of hydrogen-bond acceptors (Lipinski definition) is 4. The molecule has 0 N–H and O–H groups in total. The maximum Gasteiger partial charge on any atom is 0.261 e. The van der Waals surface area contributed by atoms with Crippen molar-refractivity contribution in [1.29, 1.82) is 0 Å². The molecule has 3 rings (SSSR count). The molecule has 1 heterocycles. The first-order valence-corrected chi connectivity index (χ1v) is 8.36. The van der Waals surface area contributed by atoms with Gasteiger partial charge >= 0.3 is 0 Å². The van der Waals surface area contributed by atoms with Crippen LogP contribution in [0.2, 0.25) is 0 Å². The summed E-state index contributed by atoms with van der Waals surface area (Å²) in [6.07, 6.45) is 0. The van der Waals surface area contributed by atoms with Gasteiger partial charge in [-0.05, 0) is 37.7 Å². The van der Waals surface area contributed by atoms with Crippen molar-refractivity contribution in [2.45, 2.75) is 13.8 Å². The summed E-state index contributed by atoms with van der Waals surface area (Å²) in [7, 11) is 5.57. The smallest absolute Gasteiger partial charge is 0.261 e. The zero-order valence-corrected chi connectivity index (χ0v) is 15.4.